The van der Waals surface area contributed by atoms with Crippen molar-refractivity contribution in [3.8, 4) is 66.8 Å². The first-order chi connectivity index (χ1) is 55.8. The Morgan fingerprint density at radius 3 is 1.20 bits per heavy atom. The number of hydrogen-bond acceptors (Lipinski definition) is 4. The minimum Gasteiger partial charge on any atom is -0.311 e. The van der Waals surface area contributed by atoms with Crippen LogP contribution in [0.15, 0.2) is 334 Å². The summed E-state index contributed by atoms with van der Waals surface area (Å²) in [6, 6.07) is 112. The van der Waals surface area contributed by atoms with Crippen LogP contribution >= 0.6 is 0 Å². The number of fused-ring (bicyclic) bond motifs is 11. The average Bonchev–Trinajstić information content (AvgIpc) is 0.835. The number of para-hydroxylation sites is 4. The Labute approximate surface area is 662 Å². The van der Waals surface area contributed by atoms with Gasteiger partial charge < -0.3 is 19.6 Å². The van der Waals surface area contributed by atoms with Gasteiger partial charge in [-0.2, -0.15) is 0 Å². The molecule has 4 aliphatic heterocycles. The summed E-state index contributed by atoms with van der Waals surface area (Å²) in [5, 5.41) is 0. The van der Waals surface area contributed by atoms with Gasteiger partial charge in [0, 0.05) is 79.1 Å². The zero-order valence-corrected chi connectivity index (χ0v) is 64.8. The van der Waals surface area contributed by atoms with Crippen molar-refractivity contribution < 1.29 is 6.85 Å². The Bertz CT molecular complexity index is 6460. The quantitative estimate of drug-likeness (QED) is 0.134. The minimum atomic E-state index is -0.425. The minimum absolute atomic E-state index is 0.153. The summed E-state index contributed by atoms with van der Waals surface area (Å²) in [5.41, 5.74) is 37.0. The molecular formula is C105H88B2N4. The number of benzene rings is 15. The molecule has 0 saturated heterocycles. The van der Waals surface area contributed by atoms with Gasteiger partial charge in [0.1, 0.15) is 0 Å². The summed E-state index contributed by atoms with van der Waals surface area (Å²) in [6.45, 7) is 25.0. The zero-order valence-electron chi connectivity index (χ0n) is 69.8. The predicted molar refractivity (Wildman–Crippen MR) is 475 cm³/mol. The molecule has 0 aromatic heterocycles. The second kappa shape index (κ2) is 25.4. The van der Waals surface area contributed by atoms with E-state index >= 15 is 0 Å². The molecule has 0 atom stereocenters. The normalized spacial score (nSPS) is 14.7. The highest BCUT2D eigenvalue weighted by Gasteiger charge is 2.50. The molecule has 15 aromatic carbocycles. The highest BCUT2D eigenvalue weighted by Crippen LogP contribution is 2.57. The molecule has 0 saturated carbocycles. The van der Waals surface area contributed by atoms with Crippen molar-refractivity contribution in [3.63, 3.8) is 0 Å². The van der Waals surface area contributed by atoms with Crippen molar-refractivity contribution in [2.75, 3.05) is 19.6 Å². The molecule has 0 fully saturated rings. The van der Waals surface area contributed by atoms with Gasteiger partial charge in [0.25, 0.3) is 13.4 Å². The largest absolute Gasteiger partial charge is 0.311 e. The van der Waals surface area contributed by atoms with Crippen molar-refractivity contribution in [1.29, 1.82) is 0 Å². The molecule has 1 aliphatic carbocycles. The van der Waals surface area contributed by atoms with Gasteiger partial charge in [0.05, 0.1) is 12.5 Å². The Morgan fingerprint density at radius 1 is 0.270 bits per heavy atom. The van der Waals surface area contributed by atoms with Gasteiger partial charge >= 0.3 is 0 Å². The van der Waals surface area contributed by atoms with E-state index in [2.05, 4.69) is 387 Å². The van der Waals surface area contributed by atoms with E-state index in [1.165, 1.54) is 60.9 Å². The van der Waals surface area contributed by atoms with Crippen molar-refractivity contribution in [2.45, 2.75) is 97.8 Å². The molecular weight excluding hydrogens is 1340 g/mol. The maximum absolute atomic E-state index is 9.36. The Kier molecular flexibility index (Phi) is 14.3. The first-order valence-electron chi connectivity index (χ1n) is 41.7. The summed E-state index contributed by atoms with van der Waals surface area (Å²) in [4.78, 5) is 10.2. The van der Waals surface area contributed by atoms with Gasteiger partial charge in [-0.25, -0.2) is 0 Å². The van der Waals surface area contributed by atoms with Crippen LogP contribution in [-0.2, 0) is 21.7 Å². The zero-order chi connectivity index (χ0) is 79.9. The topological polar surface area (TPSA) is 13.0 Å². The number of anilines is 12. The molecule has 0 amide bonds. The Balaban J connectivity index is 0.936. The standard InChI is InChI=1S/C105H88B2N4/c1-102(2,3)74-56-71(57-75(62-74)103(4,5)6)72-58-94-100-97(59-72)111(101-83(69-36-19-13-20-37-69)63-76(104(7,8)9)64-84(101)70-38-21-14-22-39-70)91-51-32-30-49-87(91)107(100)89-65-88-92(66-93(89)110(94)79-54-52-68(53-55-79)67-34-17-12-18-35-67)109(78-42-25-16-26-43-78)96-61-73(80-45-33-46-82-81-44-27-28-47-85(81)105(10,11)98(80)82)60-95-99(96)106(88)86-48-29-31-50-90(86)108(95)77-40-23-15-24-41-77/h12-66H,1-11H3/i12D,17D,18D,34D,35D. The van der Waals surface area contributed by atoms with Crippen LogP contribution < -0.4 is 52.4 Å². The van der Waals surface area contributed by atoms with E-state index in [4.69, 9.17) is 4.11 Å². The van der Waals surface area contributed by atoms with Crippen molar-refractivity contribution in [1.82, 2.24) is 0 Å². The van der Waals surface area contributed by atoms with E-state index < -0.39 is 6.04 Å². The van der Waals surface area contributed by atoms with E-state index in [9.17, 15) is 2.74 Å². The van der Waals surface area contributed by atoms with Crippen LogP contribution in [0.3, 0.4) is 0 Å². The second-order valence-electron chi connectivity index (χ2n) is 34.5. The van der Waals surface area contributed by atoms with Crippen LogP contribution in [0.2, 0.25) is 0 Å². The highest BCUT2D eigenvalue weighted by molar-refractivity contribution is 7.03. The summed E-state index contributed by atoms with van der Waals surface area (Å²) >= 11 is 0. The summed E-state index contributed by atoms with van der Waals surface area (Å²) in [5.74, 6) is 0. The molecule has 0 radical (unpaired) electrons. The maximum Gasteiger partial charge on any atom is 0.252 e. The predicted octanol–water partition coefficient (Wildman–Crippen LogP) is 24.4. The summed E-state index contributed by atoms with van der Waals surface area (Å²) in [7, 11) is 0. The summed E-state index contributed by atoms with van der Waals surface area (Å²) < 4.78 is 45.2. The lowest BCUT2D eigenvalue weighted by Crippen LogP contribution is -2.65. The fraction of sp³-hybridized carbons (Fsp3) is 0.143. The molecule has 4 heterocycles. The Hall–Kier alpha value is -12.4. The molecule has 111 heavy (non-hydrogen) atoms. The monoisotopic (exact) mass is 1430 g/mol. The van der Waals surface area contributed by atoms with Crippen molar-refractivity contribution in [2.24, 2.45) is 0 Å². The van der Waals surface area contributed by atoms with Crippen LogP contribution in [-0.4, -0.2) is 13.4 Å². The molecule has 4 nitrogen and oxygen atoms in total. The van der Waals surface area contributed by atoms with Gasteiger partial charge in [-0.1, -0.05) is 319 Å². The smallest absolute Gasteiger partial charge is 0.252 e. The first-order valence-corrected chi connectivity index (χ1v) is 39.2. The summed E-state index contributed by atoms with van der Waals surface area (Å²) in [6.07, 6.45) is 0. The molecule has 0 bridgehead atoms. The fourth-order valence-corrected chi connectivity index (χ4v) is 18.8. The van der Waals surface area contributed by atoms with E-state index in [-0.39, 0.29) is 64.8 Å². The SMILES string of the molecule is [2H]c1c([2H])c([2H])c(-c2ccc(N3c4cc5c(cc4B4c6ccccc6N(c6c(-c7ccccc7)cc(C(C)(C)C)cc6-c6ccccc6)c6cc(-c7cc(C(C)(C)C)cc(C(C)(C)C)c7)cc3c64)B3c4ccccc4N(c4ccccc4)c4cc(-c6cccc7c6C(C)(C)c6ccccc6-7)cc(c43)N5c3ccccc3)cc2)c([2H])c1[2H]. The highest BCUT2D eigenvalue weighted by atomic mass is 15.2. The number of hydrogen-bond donors (Lipinski definition) is 0. The molecule has 534 valence electrons. The maximum atomic E-state index is 9.36. The van der Waals surface area contributed by atoms with Gasteiger partial charge in [-0.05, 0) is 223 Å². The Morgan fingerprint density at radius 2 is 0.676 bits per heavy atom. The van der Waals surface area contributed by atoms with E-state index in [0.29, 0.717) is 5.56 Å². The lowest BCUT2D eigenvalue weighted by molar-refractivity contribution is 0.569. The molecule has 0 spiro atoms. The van der Waals surface area contributed by atoms with Crippen LogP contribution in [0.1, 0.15) is 111 Å². The lowest BCUT2D eigenvalue weighted by atomic mass is 9.30. The van der Waals surface area contributed by atoms with E-state index in [0.717, 1.165) is 124 Å². The molecule has 5 aliphatic rings. The van der Waals surface area contributed by atoms with Crippen LogP contribution in [0.25, 0.3) is 66.8 Å². The van der Waals surface area contributed by atoms with Gasteiger partial charge in [0.15, 0.2) is 0 Å². The third kappa shape index (κ3) is 10.9. The number of nitrogens with zero attached hydrogens (tertiary/aromatic N) is 4. The third-order valence-electron chi connectivity index (χ3n) is 24.3. The van der Waals surface area contributed by atoms with Gasteiger partial charge in [0.2, 0.25) is 0 Å². The fourth-order valence-electron chi connectivity index (χ4n) is 18.8. The average molecular weight is 1430 g/mol. The van der Waals surface area contributed by atoms with E-state index in [1.54, 1.807) is 0 Å². The second-order valence-corrected chi connectivity index (χ2v) is 34.5. The van der Waals surface area contributed by atoms with Crippen LogP contribution in [0.5, 0.6) is 0 Å². The van der Waals surface area contributed by atoms with Gasteiger partial charge in [-0.3, -0.25) is 0 Å². The molecule has 6 heteroatoms. The van der Waals surface area contributed by atoms with Gasteiger partial charge in [-0.15, -0.1) is 0 Å². The number of rotatable bonds is 9. The molecule has 0 N–H and O–H groups in total. The molecule has 0 unspecified atom stereocenters. The van der Waals surface area contributed by atoms with E-state index in [1.807, 2.05) is 12.1 Å². The van der Waals surface area contributed by atoms with Crippen molar-refractivity contribution >= 4 is 114 Å². The van der Waals surface area contributed by atoms with Crippen molar-refractivity contribution in [3.05, 3.63) is 361 Å². The third-order valence-corrected chi connectivity index (χ3v) is 24.3. The van der Waals surface area contributed by atoms with Crippen LogP contribution in [0, 0.1) is 0 Å². The first kappa shape index (κ1) is 62.5. The molecule has 20 rings (SSSR count). The lowest BCUT2D eigenvalue weighted by Gasteiger charge is -2.48. The van der Waals surface area contributed by atoms with Crippen LogP contribution in [0.4, 0.5) is 68.2 Å². The molecule has 15 aromatic rings.